The van der Waals surface area contributed by atoms with Crippen LogP contribution in [0, 0.1) is 0 Å². The van der Waals surface area contributed by atoms with Gasteiger partial charge in [0.05, 0.1) is 0 Å². The molecule has 4 N–H and O–H groups in total. The Morgan fingerprint density at radius 2 is 0.857 bits per heavy atom. The molecule has 1 radical (unpaired) electrons. The third-order valence-electron chi connectivity index (χ3n) is 0. The largest absolute Gasteiger partial charge is 0 e. The number of halogens is 3. The van der Waals surface area contributed by atoms with Crippen LogP contribution >= 0.6 is 27.6 Å². The average Bonchev–Trinajstić information content (AvgIpc) is 0.811. The van der Waals surface area contributed by atoms with Crippen molar-refractivity contribution in [1.82, 2.24) is 0 Å². The van der Waals surface area contributed by atoms with Crippen molar-refractivity contribution >= 4 is 46.4 Å². The fraction of sp³-hybridized carbons (Fsp3) is 0. The molecule has 0 aromatic rings. The standard InChI is InChI=1S/Au.3ClH.Li.2H2O/h;3*1H;;2*1H2/q+3;;;;;;/p-3. The molecule has 0 aliphatic carbocycles. The maximum atomic E-state index is 4.95. The molecule has 0 aliphatic heterocycles. The zero-order valence-electron chi connectivity index (χ0n) is 3.44. The molecule has 0 spiro atoms. The van der Waals surface area contributed by atoms with Crippen molar-refractivity contribution in [2.75, 3.05) is 0 Å². The molecule has 0 aromatic carbocycles. The van der Waals surface area contributed by atoms with Crippen molar-refractivity contribution in [1.29, 1.82) is 0 Å². The van der Waals surface area contributed by atoms with Crippen LogP contribution < -0.4 is 0 Å². The van der Waals surface area contributed by atoms with Gasteiger partial charge in [0.25, 0.3) is 0 Å². The normalized spacial score (nSPS) is 6.43. The smallest absolute Gasteiger partial charge is 0 e. The van der Waals surface area contributed by atoms with Gasteiger partial charge in [-0.2, -0.15) is 0 Å². The molecule has 0 fully saturated rings. The van der Waals surface area contributed by atoms with Crippen LogP contribution in [0.15, 0.2) is 0 Å². The van der Waals surface area contributed by atoms with Gasteiger partial charge >= 0.3 is 42.8 Å². The summed E-state index contributed by atoms with van der Waals surface area (Å²) in [6.07, 6.45) is 0. The summed E-state index contributed by atoms with van der Waals surface area (Å²) in [5.74, 6) is 0. The monoisotopic (exact) mass is 345 g/mol. The van der Waals surface area contributed by atoms with Crippen LogP contribution in [-0.4, -0.2) is 29.8 Å². The quantitative estimate of drug-likeness (QED) is 0.556. The van der Waals surface area contributed by atoms with E-state index < -0.39 is 15.2 Å². The van der Waals surface area contributed by atoms with Crippen LogP contribution in [-0.2, 0) is 15.2 Å². The van der Waals surface area contributed by atoms with Crippen LogP contribution in [0.1, 0.15) is 0 Å². The maximum Gasteiger partial charge on any atom is 0 e. The minimum Gasteiger partial charge on any atom is 0 e. The van der Waals surface area contributed by atoms with Gasteiger partial charge in [0.15, 0.2) is 0 Å². The molecule has 0 aromatic heterocycles. The number of hydrogen-bond acceptors (Lipinski definition) is 0. The van der Waals surface area contributed by atoms with Crippen LogP contribution in [0.3, 0.4) is 0 Å². The molecular formula is H4AuCl3LiO2. The maximum absolute atomic E-state index is 4.95. The van der Waals surface area contributed by atoms with Crippen molar-refractivity contribution in [2.45, 2.75) is 0 Å². The van der Waals surface area contributed by atoms with Crippen molar-refractivity contribution in [3.63, 3.8) is 0 Å². The SMILES string of the molecule is O.O.[Cl][Au]([Cl])[Cl].[Li]. The molecule has 0 atom stereocenters. The van der Waals surface area contributed by atoms with Gasteiger partial charge in [-0.1, -0.05) is 0 Å². The summed E-state index contributed by atoms with van der Waals surface area (Å²) >= 11 is -1.79. The first-order valence-electron chi connectivity index (χ1n) is 0.342. The Kier molecular flexibility index (Phi) is 51.4. The van der Waals surface area contributed by atoms with Gasteiger partial charge in [-0.25, -0.2) is 0 Å². The predicted octanol–water partition coefficient (Wildman–Crippen LogP) is 0.0358. The Bertz CT molecular complexity index is 17.7. The first-order valence-corrected chi connectivity index (χ1v) is 8.40. The van der Waals surface area contributed by atoms with Gasteiger partial charge < -0.3 is 11.0 Å². The Labute approximate surface area is 71.9 Å². The molecule has 7 heavy (non-hydrogen) atoms. The zero-order valence-corrected chi connectivity index (χ0v) is 7.87. The van der Waals surface area contributed by atoms with Crippen molar-refractivity contribution < 1.29 is 26.2 Å². The van der Waals surface area contributed by atoms with E-state index in [1.54, 1.807) is 0 Å². The molecule has 7 heteroatoms. The minimum atomic E-state index is -1.79. The summed E-state index contributed by atoms with van der Waals surface area (Å²) in [7, 11) is 14.9. The van der Waals surface area contributed by atoms with E-state index in [9.17, 15) is 0 Å². The molecule has 0 rings (SSSR count). The van der Waals surface area contributed by atoms with Crippen LogP contribution in [0.5, 0.6) is 0 Å². The van der Waals surface area contributed by atoms with E-state index >= 15 is 0 Å². The van der Waals surface area contributed by atoms with Crippen molar-refractivity contribution in [3.05, 3.63) is 0 Å². The summed E-state index contributed by atoms with van der Waals surface area (Å²) in [6.45, 7) is 0. The van der Waals surface area contributed by atoms with E-state index in [1.165, 1.54) is 0 Å². The van der Waals surface area contributed by atoms with Gasteiger partial charge in [0, 0.05) is 18.9 Å². The summed E-state index contributed by atoms with van der Waals surface area (Å²) in [6, 6.07) is 0. The van der Waals surface area contributed by atoms with Gasteiger partial charge in [0.2, 0.25) is 0 Å². The van der Waals surface area contributed by atoms with E-state index in [1.807, 2.05) is 0 Å². The van der Waals surface area contributed by atoms with Gasteiger partial charge in [-0.05, 0) is 0 Å². The van der Waals surface area contributed by atoms with Gasteiger partial charge in [-0.3, -0.25) is 0 Å². The molecule has 0 heterocycles. The zero-order chi connectivity index (χ0) is 3.58. The Hall–Kier alpha value is 2.13. The second-order valence-corrected chi connectivity index (χ2v) is 9.52. The Morgan fingerprint density at radius 1 is 0.857 bits per heavy atom. The average molecular weight is 346 g/mol. The first-order chi connectivity index (χ1) is 1.73. The summed E-state index contributed by atoms with van der Waals surface area (Å²) < 4.78 is 0. The van der Waals surface area contributed by atoms with Crippen LogP contribution in [0.2, 0.25) is 0 Å². The van der Waals surface area contributed by atoms with Crippen molar-refractivity contribution in [3.8, 4) is 0 Å². The third-order valence-corrected chi connectivity index (χ3v) is 0. The van der Waals surface area contributed by atoms with E-state index in [-0.39, 0.29) is 29.8 Å². The van der Waals surface area contributed by atoms with Crippen LogP contribution in [0.25, 0.3) is 0 Å². The molecule has 0 amide bonds. The molecule has 0 saturated carbocycles. The van der Waals surface area contributed by atoms with E-state index in [0.717, 1.165) is 0 Å². The molecule has 2 nitrogen and oxygen atoms in total. The molecule has 0 aliphatic rings. The molecular weight excluding hydrogens is 342 g/mol. The van der Waals surface area contributed by atoms with E-state index in [2.05, 4.69) is 0 Å². The minimum absolute atomic E-state index is 0. The summed E-state index contributed by atoms with van der Waals surface area (Å²) in [5.41, 5.74) is 0. The summed E-state index contributed by atoms with van der Waals surface area (Å²) in [4.78, 5) is 0. The second-order valence-electron chi connectivity index (χ2n) is 0.129. The number of rotatable bonds is 0. The van der Waals surface area contributed by atoms with E-state index in [4.69, 9.17) is 27.6 Å². The molecule has 0 unspecified atom stereocenters. The fourth-order valence-corrected chi connectivity index (χ4v) is 0. The molecule has 0 bridgehead atoms. The van der Waals surface area contributed by atoms with E-state index in [0.29, 0.717) is 0 Å². The second kappa shape index (κ2) is 15.7. The topological polar surface area (TPSA) is 63.0 Å². The third kappa shape index (κ3) is 67.4. The van der Waals surface area contributed by atoms with Gasteiger partial charge in [-0.15, -0.1) is 0 Å². The number of hydrogen-bond donors (Lipinski definition) is 0. The summed E-state index contributed by atoms with van der Waals surface area (Å²) in [5, 5.41) is 0. The fourth-order valence-electron chi connectivity index (χ4n) is 0. The molecule has 49 valence electrons. The van der Waals surface area contributed by atoms with Gasteiger partial charge in [0.1, 0.15) is 0 Å². The Balaban J connectivity index is -0.0000000150. The van der Waals surface area contributed by atoms with Crippen molar-refractivity contribution in [2.24, 2.45) is 0 Å². The van der Waals surface area contributed by atoms with Crippen LogP contribution in [0.4, 0.5) is 0 Å². The first kappa shape index (κ1) is 22.9. The molecule has 0 saturated heterocycles. The Morgan fingerprint density at radius 3 is 0.857 bits per heavy atom. The predicted molar refractivity (Wildman–Crippen MR) is 30.5 cm³/mol.